The molecule has 0 N–H and O–H groups in total. The summed E-state index contributed by atoms with van der Waals surface area (Å²) in [6, 6.07) is 11.9. The highest BCUT2D eigenvalue weighted by atomic mass is 35.5. The van der Waals surface area contributed by atoms with Gasteiger partial charge in [-0.25, -0.2) is 13.4 Å². The number of aromatic nitrogens is 1. The Morgan fingerprint density at radius 3 is 2.53 bits per heavy atom. The molecule has 2 heterocycles. The van der Waals surface area contributed by atoms with Gasteiger partial charge in [-0.15, -0.1) is 12.4 Å². The predicted octanol–water partition coefficient (Wildman–Crippen LogP) is 4.36. The second-order valence-electron chi connectivity index (χ2n) is 9.22. The first-order chi connectivity index (χ1) is 16.7. The Hall–Kier alpha value is -2.24. The van der Waals surface area contributed by atoms with E-state index in [1.54, 1.807) is 28.4 Å². The zero-order valence-electron chi connectivity index (χ0n) is 21.0. The summed E-state index contributed by atoms with van der Waals surface area (Å²) in [5.41, 5.74) is 1.22. The van der Waals surface area contributed by atoms with E-state index in [1.165, 1.54) is 23.5 Å². The van der Waals surface area contributed by atoms with E-state index in [1.807, 2.05) is 37.2 Å². The van der Waals surface area contributed by atoms with Gasteiger partial charge < -0.3 is 9.64 Å². The van der Waals surface area contributed by atoms with Crippen LogP contribution in [0.3, 0.4) is 0 Å². The van der Waals surface area contributed by atoms with Crippen LogP contribution in [-0.2, 0) is 10.0 Å². The summed E-state index contributed by atoms with van der Waals surface area (Å²) in [6.07, 6.45) is 1.91. The standard InChI is InChI=1S/C25H32N4O4S2.ClH/c1-18-6-5-13-28(17-18)35(31,32)21-10-7-19(8-11-21)24(30)29(15-14-27(2)3)25-26-22-12-9-20(33-4)16-23(22)34-25;/h7-12,16,18H,5-6,13-15,17H2,1-4H3;1H. The van der Waals surface area contributed by atoms with E-state index in [0.717, 1.165) is 28.8 Å². The minimum absolute atomic E-state index is 0. The number of halogens is 1. The molecule has 4 rings (SSSR count). The van der Waals surface area contributed by atoms with Crippen molar-refractivity contribution in [2.24, 2.45) is 5.92 Å². The van der Waals surface area contributed by atoms with Gasteiger partial charge in [0.05, 0.1) is 22.2 Å². The minimum atomic E-state index is -3.58. The lowest BCUT2D eigenvalue weighted by atomic mass is 10.0. The highest BCUT2D eigenvalue weighted by Crippen LogP contribution is 2.32. The number of anilines is 1. The number of carbonyl (C=O) groups excluding carboxylic acids is 1. The van der Waals surface area contributed by atoms with Crippen LogP contribution in [0.1, 0.15) is 30.1 Å². The maximum atomic E-state index is 13.6. The molecule has 0 bridgehead atoms. The van der Waals surface area contributed by atoms with Crippen molar-refractivity contribution >= 4 is 55.0 Å². The lowest BCUT2D eigenvalue weighted by molar-refractivity contribution is 0.0985. The lowest BCUT2D eigenvalue weighted by Crippen LogP contribution is -2.39. The van der Waals surface area contributed by atoms with Crippen LogP contribution in [0.4, 0.5) is 5.13 Å². The first-order valence-corrected chi connectivity index (χ1v) is 14.0. The summed E-state index contributed by atoms with van der Waals surface area (Å²) in [6.45, 7) is 4.25. The molecule has 36 heavy (non-hydrogen) atoms. The third kappa shape index (κ3) is 6.18. The first kappa shape index (κ1) is 28.3. The fraction of sp³-hybridized carbons (Fsp3) is 0.440. The summed E-state index contributed by atoms with van der Waals surface area (Å²) in [4.78, 5) is 22.1. The van der Waals surface area contributed by atoms with Crippen molar-refractivity contribution in [3.8, 4) is 5.75 Å². The SMILES string of the molecule is COc1ccc2nc(N(CCN(C)C)C(=O)c3ccc(S(=O)(=O)N4CCCC(C)C4)cc3)sc2c1.Cl. The van der Waals surface area contributed by atoms with Crippen LogP contribution in [0.5, 0.6) is 5.75 Å². The van der Waals surface area contributed by atoms with Crippen molar-refractivity contribution in [1.82, 2.24) is 14.2 Å². The molecule has 196 valence electrons. The largest absolute Gasteiger partial charge is 0.497 e. The molecular formula is C25H33ClN4O4S2. The van der Waals surface area contributed by atoms with E-state index in [9.17, 15) is 13.2 Å². The van der Waals surface area contributed by atoms with Crippen LogP contribution < -0.4 is 9.64 Å². The highest BCUT2D eigenvalue weighted by Gasteiger charge is 2.29. The summed E-state index contributed by atoms with van der Waals surface area (Å²) in [7, 11) is 1.94. The van der Waals surface area contributed by atoms with Crippen LogP contribution in [0.25, 0.3) is 10.2 Å². The zero-order valence-corrected chi connectivity index (χ0v) is 23.5. The number of sulfonamides is 1. The van der Waals surface area contributed by atoms with Crippen LogP contribution >= 0.6 is 23.7 Å². The van der Waals surface area contributed by atoms with Gasteiger partial charge in [0.25, 0.3) is 5.91 Å². The van der Waals surface area contributed by atoms with E-state index in [-0.39, 0.29) is 23.2 Å². The van der Waals surface area contributed by atoms with Crippen LogP contribution in [0, 0.1) is 5.92 Å². The number of methoxy groups -OCH3 is 1. The Kier molecular flexibility index (Phi) is 9.34. The molecule has 1 saturated heterocycles. The topological polar surface area (TPSA) is 83.0 Å². The smallest absolute Gasteiger partial charge is 0.260 e. The number of carbonyl (C=O) groups is 1. The van der Waals surface area contributed by atoms with Gasteiger partial charge in [-0.1, -0.05) is 18.3 Å². The normalized spacial score (nSPS) is 16.6. The second-order valence-corrected chi connectivity index (χ2v) is 12.2. The molecule has 2 aromatic carbocycles. The molecule has 0 spiro atoms. The minimum Gasteiger partial charge on any atom is -0.497 e. The van der Waals surface area contributed by atoms with Gasteiger partial charge >= 0.3 is 0 Å². The number of amides is 1. The number of fused-ring (bicyclic) bond motifs is 1. The predicted molar refractivity (Wildman–Crippen MR) is 147 cm³/mol. The van der Waals surface area contributed by atoms with Crippen molar-refractivity contribution in [3.63, 3.8) is 0 Å². The van der Waals surface area contributed by atoms with Crippen LogP contribution in [0.15, 0.2) is 47.4 Å². The molecule has 1 unspecified atom stereocenters. The Bertz CT molecular complexity index is 1300. The number of hydrogen-bond donors (Lipinski definition) is 0. The summed E-state index contributed by atoms with van der Waals surface area (Å²) in [5, 5.41) is 0.596. The van der Waals surface area contributed by atoms with Crippen molar-refractivity contribution in [2.45, 2.75) is 24.7 Å². The van der Waals surface area contributed by atoms with Gasteiger partial charge in [0.1, 0.15) is 5.75 Å². The average Bonchev–Trinajstić information content (AvgIpc) is 3.26. The molecular weight excluding hydrogens is 520 g/mol. The second kappa shape index (κ2) is 11.9. The van der Waals surface area contributed by atoms with Crippen LogP contribution in [0.2, 0.25) is 0 Å². The highest BCUT2D eigenvalue weighted by molar-refractivity contribution is 7.89. The first-order valence-electron chi connectivity index (χ1n) is 11.7. The zero-order chi connectivity index (χ0) is 25.2. The number of hydrogen-bond acceptors (Lipinski definition) is 7. The third-order valence-electron chi connectivity index (χ3n) is 6.19. The van der Waals surface area contributed by atoms with Gasteiger partial charge in [0, 0.05) is 31.7 Å². The number of ether oxygens (including phenoxy) is 1. The quantitative estimate of drug-likeness (QED) is 0.413. The Morgan fingerprint density at radius 2 is 1.89 bits per heavy atom. The monoisotopic (exact) mass is 552 g/mol. The lowest BCUT2D eigenvalue weighted by Gasteiger charge is -2.30. The fourth-order valence-electron chi connectivity index (χ4n) is 4.16. The average molecular weight is 553 g/mol. The number of likely N-dealkylation sites (N-methyl/N-ethyl adjacent to an activating group) is 1. The summed E-state index contributed by atoms with van der Waals surface area (Å²) >= 11 is 1.43. The summed E-state index contributed by atoms with van der Waals surface area (Å²) in [5.74, 6) is 0.866. The number of piperidine rings is 1. The molecule has 0 radical (unpaired) electrons. The van der Waals surface area contributed by atoms with E-state index >= 15 is 0 Å². The van der Waals surface area contributed by atoms with Gasteiger partial charge in [-0.3, -0.25) is 9.69 Å². The van der Waals surface area contributed by atoms with Crippen molar-refractivity contribution in [2.75, 3.05) is 52.3 Å². The third-order valence-corrected chi connectivity index (χ3v) is 9.11. The van der Waals surface area contributed by atoms with Crippen molar-refractivity contribution in [1.29, 1.82) is 0 Å². The molecule has 1 fully saturated rings. The fourth-order valence-corrected chi connectivity index (χ4v) is 6.78. The number of benzene rings is 2. The van der Waals surface area contributed by atoms with Gasteiger partial charge in [0.15, 0.2) is 5.13 Å². The molecule has 1 aliphatic rings. The van der Waals surface area contributed by atoms with Gasteiger partial charge in [0.2, 0.25) is 10.0 Å². The molecule has 8 nitrogen and oxygen atoms in total. The van der Waals surface area contributed by atoms with Gasteiger partial charge in [-0.05, 0) is 75.3 Å². The maximum absolute atomic E-state index is 13.6. The number of thiazole rings is 1. The van der Waals surface area contributed by atoms with Gasteiger partial charge in [-0.2, -0.15) is 4.31 Å². The molecule has 1 aromatic heterocycles. The molecule has 0 saturated carbocycles. The molecule has 1 aliphatic heterocycles. The number of rotatable bonds is 8. The van der Waals surface area contributed by atoms with Crippen molar-refractivity contribution in [3.05, 3.63) is 48.0 Å². The Morgan fingerprint density at radius 1 is 1.17 bits per heavy atom. The number of nitrogens with zero attached hydrogens (tertiary/aromatic N) is 4. The molecule has 3 aromatic rings. The maximum Gasteiger partial charge on any atom is 0.260 e. The molecule has 1 amide bonds. The summed E-state index contributed by atoms with van der Waals surface area (Å²) < 4.78 is 34.0. The van der Waals surface area contributed by atoms with E-state index in [0.29, 0.717) is 42.8 Å². The molecule has 11 heteroatoms. The van der Waals surface area contributed by atoms with Crippen LogP contribution in [-0.4, -0.2) is 75.9 Å². The Labute approximate surface area is 223 Å². The van der Waals surface area contributed by atoms with E-state index in [2.05, 4.69) is 11.9 Å². The van der Waals surface area contributed by atoms with E-state index < -0.39 is 10.0 Å². The molecule has 1 atom stereocenters. The van der Waals surface area contributed by atoms with Crippen molar-refractivity contribution < 1.29 is 17.9 Å². The molecule has 0 aliphatic carbocycles. The Balaban J connectivity index is 0.00000361. The van der Waals surface area contributed by atoms with E-state index in [4.69, 9.17) is 4.74 Å².